The first-order valence-electron chi connectivity index (χ1n) is 9.02. The van der Waals surface area contributed by atoms with E-state index in [1.54, 1.807) is 24.3 Å². The van der Waals surface area contributed by atoms with Crippen LogP contribution in [0.1, 0.15) is 36.5 Å². The number of hydrogen-bond acceptors (Lipinski definition) is 3. The van der Waals surface area contributed by atoms with E-state index in [4.69, 9.17) is 11.6 Å². The van der Waals surface area contributed by atoms with E-state index in [0.717, 1.165) is 23.2 Å². The fraction of sp³-hybridized carbons (Fsp3) is 0.350. The second-order valence-corrected chi connectivity index (χ2v) is 8.96. The molecule has 2 aromatic rings. The van der Waals surface area contributed by atoms with Crippen molar-refractivity contribution in [2.24, 2.45) is 0 Å². The topological polar surface area (TPSA) is 66.5 Å². The van der Waals surface area contributed by atoms with Crippen LogP contribution in [-0.2, 0) is 33.5 Å². The normalized spacial score (nSPS) is 14.3. The Bertz CT molecular complexity index is 927. The van der Waals surface area contributed by atoms with Crippen molar-refractivity contribution in [3.05, 3.63) is 64.2 Å². The van der Waals surface area contributed by atoms with Crippen molar-refractivity contribution in [3.8, 4) is 0 Å². The third-order valence-electron chi connectivity index (χ3n) is 4.56. The van der Waals surface area contributed by atoms with Crippen LogP contribution in [0.25, 0.3) is 0 Å². The van der Waals surface area contributed by atoms with Crippen molar-refractivity contribution in [3.63, 3.8) is 0 Å². The summed E-state index contributed by atoms with van der Waals surface area (Å²) >= 11 is 5.83. The summed E-state index contributed by atoms with van der Waals surface area (Å²) in [6.45, 7) is 2.98. The number of rotatable bonds is 7. The van der Waals surface area contributed by atoms with E-state index in [9.17, 15) is 13.2 Å². The maximum atomic E-state index is 12.3. The van der Waals surface area contributed by atoms with Gasteiger partial charge in [-0.2, -0.15) is 0 Å². The van der Waals surface area contributed by atoms with Gasteiger partial charge in [-0.15, -0.1) is 0 Å². The molecule has 0 fully saturated rings. The monoisotopic (exact) mass is 406 g/mol. The molecule has 1 heterocycles. The summed E-state index contributed by atoms with van der Waals surface area (Å²) in [5.74, 6) is 0.0641. The first-order chi connectivity index (χ1) is 12.9. The molecule has 1 amide bonds. The van der Waals surface area contributed by atoms with Crippen LogP contribution in [-0.4, -0.2) is 20.9 Å². The van der Waals surface area contributed by atoms with Gasteiger partial charge in [0.25, 0.3) is 0 Å². The molecule has 0 saturated carbocycles. The fourth-order valence-electron chi connectivity index (χ4n) is 3.24. The number of carbonyl (C=O) groups excluding carboxylic acids is 1. The van der Waals surface area contributed by atoms with Crippen molar-refractivity contribution in [2.45, 2.75) is 38.5 Å². The zero-order valence-corrected chi connectivity index (χ0v) is 16.8. The number of aryl methyl sites for hydroxylation is 1. The quantitative estimate of drug-likeness (QED) is 0.763. The Morgan fingerprint density at radius 1 is 1.07 bits per heavy atom. The minimum atomic E-state index is -3.45. The zero-order chi connectivity index (χ0) is 19.4. The second kappa shape index (κ2) is 8.42. The fourth-order valence-corrected chi connectivity index (χ4v) is 4.48. The van der Waals surface area contributed by atoms with Gasteiger partial charge in [0.1, 0.15) is 0 Å². The molecule has 1 aliphatic heterocycles. The van der Waals surface area contributed by atoms with Crippen LogP contribution in [0, 0.1) is 0 Å². The molecule has 1 N–H and O–H groups in total. The third kappa shape index (κ3) is 5.09. The Balaban J connectivity index is 1.67. The molecule has 7 heteroatoms. The van der Waals surface area contributed by atoms with Gasteiger partial charge < -0.3 is 4.90 Å². The van der Waals surface area contributed by atoms with Crippen LogP contribution >= 0.6 is 11.6 Å². The molecule has 1 aliphatic rings. The van der Waals surface area contributed by atoms with Gasteiger partial charge in [-0.25, -0.2) is 13.1 Å². The van der Waals surface area contributed by atoms with E-state index in [0.29, 0.717) is 30.0 Å². The lowest BCUT2D eigenvalue weighted by Gasteiger charge is -2.29. The van der Waals surface area contributed by atoms with Crippen molar-refractivity contribution < 1.29 is 13.2 Å². The number of sulfonamides is 1. The minimum absolute atomic E-state index is 0.0894. The van der Waals surface area contributed by atoms with Crippen LogP contribution in [0.4, 0.5) is 5.69 Å². The second-order valence-electron chi connectivity index (χ2n) is 6.72. The molecule has 0 bridgehead atoms. The lowest BCUT2D eigenvalue weighted by atomic mass is 9.98. The first-order valence-corrected chi connectivity index (χ1v) is 11.0. The molecule has 0 unspecified atom stereocenters. The van der Waals surface area contributed by atoms with Gasteiger partial charge >= 0.3 is 0 Å². The SMILES string of the molecule is CCCN1C(=O)CCc2cc(CNS(=O)(=O)Cc3ccc(Cl)cc3)ccc21. The van der Waals surface area contributed by atoms with Gasteiger partial charge in [0.05, 0.1) is 5.75 Å². The average molecular weight is 407 g/mol. The van der Waals surface area contributed by atoms with E-state index >= 15 is 0 Å². The number of anilines is 1. The summed E-state index contributed by atoms with van der Waals surface area (Å²) in [5, 5.41) is 0.578. The summed E-state index contributed by atoms with van der Waals surface area (Å²) in [5.41, 5.74) is 3.61. The highest BCUT2D eigenvalue weighted by molar-refractivity contribution is 7.88. The molecule has 5 nitrogen and oxygen atoms in total. The first kappa shape index (κ1) is 19.9. The average Bonchev–Trinajstić information content (AvgIpc) is 2.64. The van der Waals surface area contributed by atoms with Crippen LogP contribution in [0.3, 0.4) is 0 Å². The van der Waals surface area contributed by atoms with Crippen LogP contribution in [0.5, 0.6) is 0 Å². The number of carbonyl (C=O) groups is 1. The molecule has 0 saturated heterocycles. The van der Waals surface area contributed by atoms with E-state index in [1.807, 2.05) is 30.0 Å². The summed E-state index contributed by atoms with van der Waals surface area (Å²) in [6.07, 6.45) is 2.09. The highest BCUT2D eigenvalue weighted by Crippen LogP contribution is 2.29. The number of amides is 1. The van der Waals surface area contributed by atoms with Crippen molar-refractivity contribution in [1.82, 2.24) is 4.72 Å². The van der Waals surface area contributed by atoms with Crippen LogP contribution in [0.2, 0.25) is 5.02 Å². The maximum absolute atomic E-state index is 12.3. The van der Waals surface area contributed by atoms with Gasteiger partial charge in [-0.3, -0.25) is 4.79 Å². The third-order valence-corrected chi connectivity index (χ3v) is 6.11. The van der Waals surface area contributed by atoms with E-state index in [2.05, 4.69) is 4.72 Å². The van der Waals surface area contributed by atoms with Gasteiger partial charge in [-0.05, 0) is 47.7 Å². The number of hydrogen-bond donors (Lipinski definition) is 1. The number of benzene rings is 2. The Labute approximate surface area is 165 Å². The predicted octanol–water partition coefficient (Wildman–Crippen LogP) is 3.65. The predicted molar refractivity (Wildman–Crippen MR) is 108 cm³/mol. The number of nitrogens with zero attached hydrogens (tertiary/aromatic N) is 1. The molecule has 0 atom stereocenters. The molecule has 0 radical (unpaired) electrons. The Hall–Kier alpha value is -1.89. The van der Waals surface area contributed by atoms with Gasteiger partial charge in [0.15, 0.2) is 0 Å². The summed E-state index contributed by atoms with van der Waals surface area (Å²) in [6, 6.07) is 12.6. The minimum Gasteiger partial charge on any atom is -0.312 e. The standard InChI is InChI=1S/C20H23ClN2O3S/c1-2-11-23-19-9-5-16(12-17(19)6-10-20(23)24)13-22-27(25,26)14-15-3-7-18(21)8-4-15/h3-5,7-9,12,22H,2,6,10-11,13-14H2,1H3. The molecule has 0 aromatic heterocycles. The van der Waals surface area contributed by atoms with Gasteiger partial charge in [-0.1, -0.05) is 42.8 Å². The molecule has 0 aliphatic carbocycles. The van der Waals surface area contributed by atoms with E-state index < -0.39 is 10.0 Å². The highest BCUT2D eigenvalue weighted by atomic mass is 35.5. The van der Waals surface area contributed by atoms with Crippen LogP contribution in [0.15, 0.2) is 42.5 Å². The maximum Gasteiger partial charge on any atom is 0.227 e. The largest absolute Gasteiger partial charge is 0.312 e. The summed E-state index contributed by atoms with van der Waals surface area (Å²) < 4.78 is 27.3. The Kier molecular flexibility index (Phi) is 6.19. The summed E-state index contributed by atoms with van der Waals surface area (Å²) in [4.78, 5) is 13.9. The molecule has 144 valence electrons. The van der Waals surface area contributed by atoms with Crippen molar-refractivity contribution in [2.75, 3.05) is 11.4 Å². The van der Waals surface area contributed by atoms with E-state index in [-0.39, 0.29) is 18.2 Å². The van der Waals surface area contributed by atoms with Crippen LogP contribution < -0.4 is 9.62 Å². The number of halogens is 1. The number of nitrogens with one attached hydrogen (secondary N) is 1. The molecular formula is C20H23ClN2O3S. The van der Waals surface area contributed by atoms with Gasteiger partial charge in [0.2, 0.25) is 15.9 Å². The summed E-state index contributed by atoms with van der Waals surface area (Å²) in [7, 11) is -3.45. The zero-order valence-electron chi connectivity index (χ0n) is 15.2. The molecular weight excluding hydrogens is 384 g/mol. The Morgan fingerprint density at radius 2 is 1.78 bits per heavy atom. The number of fused-ring (bicyclic) bond motifs is 1. The lowest BCUT2D eigenvalue weighted by Crippen LogP contribution is -2.35. The van der Waals surface area contributed by atoms with Gasteiger partial charge in [0, 0.05) is 30.2 Å². The molecule has 27 heavy (non-hydrogen) atoms. The van der Waals surface area contributed by atoms with Crippen molar-refractivity contribution in [1.29, 1.82) is 0 Å². The lowest BCUT2D eigenvalue weighted by molar-refractivity contribution is -0.118. The van der Waals surface area contributed by atoms with E-state index in [1.165, 1.54) is 0 Å². The molecule has 2 aromatic carbocycles. The molecule has 3 rings (SSSR count). The smallest absolute Gasteiger partial charge is 0.227 e. The highest BCUT2D eigenvalue weighted by Gasteiger charge is 2.23. The van der Waals surface area contributed by atoms with Crippen molar-refractivity contribution >= 4 is 33.2 Å². The molecule has 0 spiro atoms. The Morgan fingerprint density at radius 3 is 2.48 bits per heavy atom.